The molecule has 0 bridgehead atoms. The largest absolute Gasteiger partial charge is 0.465 e. The second-order valence-corrected chi connectivity index (χ2v) is 7.54. The number of nitrogens with zero attached hydrogens (tertiary/aromatic N) is 7. The van der Waals surface area contributed by atoms with E-state index in [0.29, 0.717) is 48.1 Å². The molecule has 0 saturated carbocycles. The van der Waals surface area contributed by atoms with Gasteiger partial charge in [0.25, 0.3) is 0 Å². The van der Waals surface area contributed by atoms with Crippen LogP contribution in [-0.2, 0) is 11.3 Å². The van der Waals surface area contributed by atoms with Crippen LogP contribution in [0.3, 0.4) is 0 Å². The fourth-order valence-electron chi connectivity index (χ4n) is 4.16. The summed E-state index contributed by atoms with van der Waals surface area (Å²) in [6.07, 6.45) is 4.39. The van der Waals surface area contributed by atoms with Gasteiger partial charge in [-0.1, -0.05) is 0 Å². The molecule has 31 heavy (non-hydrogen) atoms. The highest BCUT2D eigenvalue weighted by atomic mass is 16.5. The lowest BCUT2D eigenvalue weighted by molar-refractivity contribution is 0.0414. The number of methoxy groups -OCH3 is 1. The maximum atomic E-state index is 11.7. The van der Waals surface area contributed by atoms with Gasteiger partial charge < -0.3 is 24.6 Å². The monoisotopic (exact) mass is 426 g/mol. The van der Waals surface area contributed by atoms with E-state index in [1.165, 1.54) is 11.2 Å². The summed E-state index contributed by atoms with van der Waals surface area (Å²) in [4.78, 5) is 35.3. The molecule has 3 unspecified atom stereocenters. The smallest absolute Gasteiger partial charge is 0.407 e. The second kappa shape index (κ2) is 8.42. The molecular formula is C20H26N8O3. The molecule has 1 fully saturated rings. The minimum atomic E-state index is -0.956. The van der Waals surface area contributed by atoms with Crippen molar-refractivity contribution in [3.8, 4) is 11.4 Å². The van der Waals surface area contributed by atoms with E-state index in [-0.39, 0.29) is 18.2 Å². The van der Waals surface area contributed by atoms with Crippen molar-refractivity contribution in [3.05, 3.63) is 24.5 Å². The summed E-state index contributed by atoms with van der Waals surface area (Å²) in [5.74, 6) is 1.96. The number of aromatic nitrogens is 6. The van der Waals surface area contributed by atoms with Crippen molar-refractivity contribution in [1.29, 1.82) is 0 Å². The highest BCUT2D eigenvalue weighted by molar-refractivity contribution is 5.86. The van der Waals surface area contributed by atoms with Crippen molar-refractivity contribution in [2.24, 2.45) is 0 Å². The Morgan fingerprint density at radius 1 is 1.32 bits per heavy atom. The number of likely N-dealkylation sites (tertiary alicyclic amines) is 1. The first kappa shape index (κ1) is 20.9. The average molecular weight is 426 g/mol. The molecule has 3 aromatic heterocycles. The molecule has 1 amide bonds. The van der Waals surface area contributed by atoms with Crippen LogP contribution in [0.4, 0.5) is 10.6 Å². The first-order valence-electron chi connectivity index (χ1n) is 10.2. The molecule has 1 aliphatic heterocycles. The van der Waals surface area contributed by atoms with E-state index >= 15 is 0 Å². The van der Waals surface area contributed by atoms with Gasteiger partial charge in [0, 0.05) is 32.6 Å². The van der Waals surface area contributed by atoms with Gasteiger partial charge in [0.1, 0.15) is 18.0 Å². The summed E-state index contributed by atoms with van der Waals surface area (Å²) in [5, 5.41) is 13.0. The molecule has 0 aromatic carbocycles. The van der Waals surface area contributed by atoms with Gasteiger partial charge in [-0.3, -0.25) is 0 Å². The number of aryl methyl sites for hydroxylation is 2. The molecule has 4 heterocycles. The predicted octanol–water partition coefficient (Wildman–Crippen LogP) is 2.18. The summed E-state index contributed by atoms with van der Waals surface area (Å²) in [6, 6.07) is -0.507. The molecule has 2 N–H and O–H groups in total. The Bertz CT molecular complexity index is 1080. The van der Waals surface area contributed by atoms with Gasteiger partial charge in [-0.05, 0) is 27.2 Å². The van der Waals surface area contributed by atoms with E-state index in [9.17, 15) is 9.90 Å². The molecule has 0 radical (unpaired) electrons. The number of fused-ring (bicyclic) bond motifs is 1. The molecule has 3 aromatic rings. The summed E-state index contributed by atoms with van der Waals surface area (Å²) >= 11 is 0. The van der Waals surface area contributed by atoms with E-state index < -0.39 is 6.09 Å². The van der Waals surface area contributed by atoms with Crippen LogP contribution in [0.1, 0.15) is 26.1 Å². The van der Waals surface area contributed by atoms with Crippen molar-refractivity contribution in [1.82, 2.24) is 34.4 Å². The Labute approximate surface area is 179 Å². The van der Waals surface area contributed by atoms with Crippen LogP contribution >= 0.6 is 0 Å². The maximum absolute atomic E-state index is 11.7. The van der Waals surface area contributed by atoms with Crippen LogP contribution in [0.5, 0.6) is 0 Å². The van der Waals surface area contributed by atoms with E-state index in [1.807, 2.05) is 25.3 Å². The molecule has 4 rings (SSSR count). The van der Waals surface area contributed by atoms with Crippen LogP contribution in [0, 0.1) is 6.92 Å². The molecular weight excluding hydrogens is 400 g/mol. The summed E-state index contributed by atoms with van der Waals surface area (Å²) < 4.78 is 7.46. The van der Waals surface area contributed by atoms with Crippen molar-refractivity contribution >= 4 is 23.1 Å². The molecule has 1 aliphatic rings. The van der Waals surface area contributed by atoms with Crippen LogP contribution in [0.15, 0.2) is 18.7 Å². The topological polar surface area (TPSA) is 131 Å². The minimum Gasteiger partial charge on any atom is -0.465 e. The number of anilines is 1. The summed E-state index contributed by atoms with van der Waals surface area (Å²) in [6.45, 7) is 6.81. The minimum absolute atomic E-state index is 0.165. The first-order chi connectivity index (χ1) is 14.9. The Balaban J connectivity index is 1.73. The standard InChI is InChI=1S/C20H26N8O3/c1-5-27-18(13-8-21-12(3)22-9-13)26-15-17(23-10-24-19(15)27)25-14-6-7-28(20(29)30)16(14)11(2)31-4/h8-11,14,16H,5-7H2,1-4H3,(H,29,30)(H,23,24,25). The van der Waals surface area contributed by atoms with Crippen molar-refractivity contribution in [2.75, 3.05) is 19.0 Å². The zero-order chi connectivity index (χ0) is 22.1. The van der Waals surface area contributed by atoms with Crippen LogP contribution in [-0.4, -0.2) is 77.4 Å². The average Bonchev–Trinajstić information content (AvgIpc) is 3.36. The number of rotatable bonds is 6. The third-order valence-electron chi connectivity index (χ3n) is 5.76. The third-order valence-corrected chi connectivity index (χ3v) is 5.76. The zero-order valence-corrected chi connectivity index (χ0v) is 18.0. The van der Waals surface area contributed by atoms with Gasteiger partial charge >= 0.3 is 6.09 Å². The number of ether oxygens (including phenoxy) is 1. The Hall–Kier alpha value is -3.34. The quantitative estimate of drug-likeness (QED) is 0.609. The highest BCUT2D eigenvalue weighted by Gasteiger charge is 2.41. The van der Waals surface area contributed by atoms with Crippen molar-refractivity contribution in [2.45, 2.75) is 51.9 Å². The van der Waals surface area contributed by atoms with Gasteiger partial charge in [-0.15, -0.1) is 0 Å². The fraction of sp³-hybridized carbons (Fsp3) is 0.500. The number of nitrogens with one attached hydrogen (secondary N) is 1. The number of hydrogen-bond acceptors (Lipinski definition) is 8. The Morgan fingerprint density at radius 3 is 2.71 bits per heavy atom. The van der Waals surface area contributed by atoms with Crippen LogP contribution in [0.2, 0.25) is 0 Å². The van der Waals surface area contributed by atoms with E-state index in [4.69, 9.17) is 9.72 Å². The number of imidazole rings is 1. The molecule has 0 spiro atoms. The van der Waals surface area contributed by atoms with E-state index in [0.717, 1.165) is 5.56 Å². The second-order valence-electron chi connectivity index (χ2n) is 7.54. The van der Waals surface area contributed by atoms with Gasteiger partial charge in [-0.25, -0.2) is 29.7 Å². The number of hydrogen-bond donors (Lipinski definition) is 2. The Morgan fingerprint density at radius 2 is 2.06 bits per heavy atom. The molecule has 1 saturated heterocycles. The van der Waals surface area contributed by atoms with Crippen LogP contribution < -0.4 is 5.32 Å². The Kier molecular flexibility index (Phi) is 5.68. The van der Waals surface area contributed by atoms with Gasteiger partial charge in [0.05, 0.1) is 23.8 Å². The van der Waals surface area contributed by atoms with Gasteiger partial charge in [-0.2, -0.15) is 0 Å². The lowest BCUT2D eigenvalue weighted by atomic mass is 10.0. The van der Waals surface area contributed by atoms with E-state index in [1.54, 1.807) is 19.5 Å². The van der Waals surface area contributed by atoms with Gasteiger partial charge in [0.2, 0.25) is 0 Å². The molecule has 3 atom stereocenters. The van der Waals surface area contributed by atoms with Crippen molar-refractivity contribution < 1.29 is 14.6 Å². The number of amides is 1. The highest BCUT2D eigenvalue weighted by Crippen LogP contribution is 2.30. The van der Waals surface area contributed by atoms with Crippen LogP contribution in [0.25, 0.3) is 22.6 Å². The normalized spacial score (nSPS) is 19.7. The third kappa shape index (κ3) is 3.76. The molecule has 11 nitrogen and oxygen atoms in total. The maximum Gasteiger partial charge on any atom is 0.407 e. The molecule has 0 aliphatic carbocycles. The fourth-order valence-corrected chi connectivity index (χ4v) is 4.16. The van der Waals surface area contributed by atoms with Gasteiger partial charge in [0.15, 0.2) is 17.0 Å². The lowest BCUT2D eigenvalue weighted by Gasteiger charge is -2.31. The predicted molar refractivity (Wildman–Crippen MR) is 114 cm³/mol. The molecule has 11 heteroatoms. The SMILES string of the molecule is CCn1c(-c2cnc(C)nc2)nc2c(NC3CCN(C(=O)O)C3C(C)OC)ncnc21. The first-order valence-corrected chi connectivity index (χ1v) is 10.2. The molecule has 164 valence electrons. The van der Waals surface area contributed by atoms with E-state index in [2.05, 4.69) is 25.3 Å². The number of carbonyl (C=O) groups is 1. The zero-order valence-electron chi connectivity index (χ0n) is 18.0. The number of carboxylic acid groups (broad SMARTS) is 1. The summed E-state index contributed by atoms with van der Waals surface area (Å²) in [5.41, 5.74) is 2.11. The van der Waals surface area contributed by atoms with Crippen molar-refractivity contribution in [3.63, 3.8) is 0 Å². The summed E-state index contributed by atoms with van der Waals surface area (Å²) in [7, 11) is 1.59. The lowest BCUT2D eigenvalue weighted by Crippen LogP contribution is -2.48.